The van der Waals surface area contributed by atoms with Gasteiger partial charge in [-0.3, -0.25) is 0 Å². The van der Waals surface area contributed by atoms with Crippen LogP contribution >= 0.6 is 0 Å². The molecule has 0 radical (unpaired) electrons. The lowest BCUT2D eigenvalue weighted by Gasteiger charge is -2.24. The van der Waals surface area contributed by atoms with E-state index in [-0.39, 0.29) is 5.82 Å². The molecule has 0 saturated heterocycles. The molecule has 0 unspecified atom stereocenters. The summed E-state index contributed by atoms with van der Waals surface area (Å²) in [5, 5.41) is 1.36. The molecule has 0 aliphatic carbocycles. The molecule has 25 heavy (non-hydrogen) atoms. The second kappa shape index (κ2) is 6.16. The Bertz CT molecular complexity index is 950. The first kappa shape index (κ1) is 16.1. The van der Waals surface area contributed by atoms with E-state index in [1.807, 2.05) is 12.1 Å². The average molecular weight is 334 g/mol. The molecule has 0 spiro atoms. The zero-order valence-corrected chi connectivity index (χ0v) is 14.8. The van der Waals surface area contributed by atoms with Gasteiger partial charge in [0.2, 0.25) is 0 Å². The molecule has 4 rings (SSSR count). The van der Waals surface area contributed by atoms with Gasteiger partial charge in [0.25, 0.3) is 0 Å². The van der Waals surface area contributed by atoms with Gasteiger partial charge in [0, 0.05) is 42.7 Å². The van der Waals surface area contributed by atoms with Crippen LogP contribution in [-0.4, -0.2) is 23.1 Å². The number of nitrogens with zero attached hydrogens (tertiary/aromatic N) is 2. The highest BCUT2D eigenvalue weighted by Gasteiger charge is 2.22. The van der Waals surface area contributed by atoms with Gasteiger partial charge < -0.3 is 9.47 Å². The number of allylic oxidation sites excluding steroid dienone is 1. The second-order valence-electron chi connectivity index (χ2n) is 7.13. The van der Waals surface area contributed by atoms with E-state index in [9.17, 15) is 4.39 Å². The maximum atomic E-state index is 13.2. The summed E-state index contributed by atoms with van der Waals surface area (Å²) in [6.45, 7) is 9.22. The molecule has 3 aromatic rings. The normalized spacial score (nSPS) is 14.7. The predicted octanol–water partition coefficient (Wildman–Crippen LogP) is 4.79. The molecule has 2 heterocycles. The van der Waals surface area contributed by atoms with E-state index in [0.29, 0.717) is 0 Å². The monoisotopic (exact) mass is 334 g/mol. The van der Waals surface area contributed by atoms with Crippen molar-refractivity contribution in [3.05, 3.63) is 77.2 Å². The lowest BCUT2D eigenvalue weighted by Crippen LogP contribution is -2.27. The average Bonchev–Trinajstić information content (AvgIpc) is 2.88. The number of benzene rings is 2. The molecular weight excluding hydrogens is 311 g/mol. The Labute approximate surface area is 148 Å². The number of hydrogen-bond donors (Lipinski definition) is 0. The third-order valence-electron chi connectivity index (χ3n) is 5.20. The number of hydrogen-bond acceptors (Lipinski definition) is 1. The van der Waals surface area contributed by atoms with E-state index in [2.05, 4.69) is 48.2 Å². The first-order valence-electron chi connectivity index (χ1n) is 8.76. The molecule has 0 saturated carbocycles. The number of rotatable bonds is 3. The van der Waals surface area contributed by atoms with Crippen molar-refractivity contribution in [2.75, 3.05) is 13.6 Å². The van der Waals surface area contributed by atoms with Gasteiger partial charge in [-0.25, -0.2) is 4.39 Å². The van der Waals surface area contributed by atoms with E-state index >= 15 is 0 Å². The molecule has 1 aromatic heterocycles. The van der Waals surface area contributed by atoms with Crippen LogP contribution in [0.1, 0.15) is 22.4 Å². The van der Waals surface area contributed by atoms with Crippen molar-refractivity contribution in [3.8, 4) is 0 Å². The highest BCUT2D eigenvalue weighted by molar-refractivity contribution is 5.87. The number of halogens is 1. The largest absolute Gasteiger partial charge is 0.340 e. The van der Waals surface area contributed by atoms with Crippen LogP contribution in [0.5, 0.6) is 0 Å². The van der Waals surface area contributed by atoms with E-state index in [0.717, 1.165) is 37.2 Å². The molecule has 0 atom stereocenters. The fraction of sp³-hybridized carbons (Fsp3) is 0.273. The first-order chi connectivity index (χ1) is 12.0. The first-order valence-corrected chi connectivity index (χ1v) is 8.76. The lowest BCUT2D eigenvalue weighted by molar-refractivity contribution is 0.310. The van der Waals surface area contributed by atoms with Crippen molar-refractivity contribution in [1.29, 1.82) is 0 Å². The van der Waals surface area contributed by atoms with Crippen LogP contribution in [0.15, 0.2) is 49.0 Å². The zero-order valence-electron chi connectivity index (χ0n) is 14.8. The SMILES string of the molecule is C=C(Cn1c2c(c3cc(C)ccc31)CN(C)CC2)c1ccc(F)cc1. The Kier molecular flexibility index (Phi) is 3.97. The number of aromatic nitrogens is 1. The minimum atomic E-state index is -0.209. The maximum Gasteiger partial charge on any atom is 0.123 e. The maximum absolute atomic E-state index is 13.2. The van der Waals surface area contributed by atoms with Crippen LogP contribution in [0, 0.1) is 12.7 Å². The summed E-state index contributed by atoms with van der Waals surface area (Å²) < 4.78 is 15.6. The van der Waals surface area contributed by atoms with Gasteiger partial charge in [-0.1, -0.05) is 30.3 Å². The third kappa shape index (κ3) is 2.89. The topological polar surface area (TPSA) is 8.17 Å². The quantitative estimate of drug-likeness (QED) is 0.668. The van der Waals surface area contributed by atoms with Crippen molar-refractivity contribution in [2.24, 2.45) is 0 Å². The van der Waals surface area contributed by atoms with Gasteiger partial charge in [0.05, 0.1) is 0 Å². The van der Waals surface area contributed by atoms with Gasteiger partial charge >= 0.3 is 0 Å². The van der Waals surface area contributed by atoms with Crippen LogP contribution in [0.3, 0.4) is 0 Å². The minimum absolute atomic E-state index is 0.209. The Balaban J connectivity index is 1.79. The lowest BCUT2D eigenvalue weighted by atomic mass is 10.0. The summed E-state index contributed by atoms with van der Waals surface area (Å²) >= 11 is 0. The van der Waals surface area contributed by atoms with E-state index in [4.69, 9.17) is 0 Å². The molecular formula is C22H23FN2. The molecule has 1 aliphatic heterocycles. The zero-order chi connectivity index (χ0) is 17.6. The number of fused-ring (bicyclic) bond motifs is 3. The molecule has 0 N–H and O–H groups in total. The molecule has 0 bridgehead atoms. The molecule has 128 valence electrons. The fourth-order valence-electron chi connectivity index (χ4n) is 3.85. The summed E-state index contributed by atoms with van der Waals surface area (Å²) in [4.78, 5) is 2.38. The van der Waals surface area contributed by atoms with Gasteiger partial charge in [-0.05, 0) is 54.9 Å². The van der Waals surface area contributed by atoms with Crippen LogP contribution in [0.25, 0.3) is 16.5 Å². The molecule has 1 aliphatic rings. The predicted molar refractivity (Wildman–Crippen MR) is 102 cm³/mol. The van der Waals surface area contributed by atoms with Crippen molar-refractivity contribution in [3.63, 3.8) is 0 Å². The molecule has 0 amide bonds. The third-order valence-corrected chi connectivity index (χ3v) is 5.20. The van der Waals surface area contributed by atoms with Crippen molar-refractivity contribution in [2.45, 2.75) is 26.4 Å². The second-order valence-corrected chi connectivity index (χ2v) is 7.13. The van der Waals surface area contributed by atoms with Crippen LogP contribution in [-0.2, 0) is 19.5 Å². The standard InChI is InChI=1S/C22H23FN2/c1-15-4-9-21-19(12-15)20-14-24(3)11-10-22(20)25(21)13-16(2)17-5-7-18(23)8-6-17/h4-9,12H,2,10-11,13-14H2,1,3H3. The van der Waals surface area contributed by atoms with E-state index < -0.39 is 0 Å². The van der Waals surface area contributed by atoms with Crippen LogP contribution < -0.4 is 0 Å². The Morgan fingerprint density at radius 2 is 1.92 bits per heavy atom. The van der Waals surface area contributed by atoms with Crippen molar-refractivity contribution in [1.82, 2.24) is 9.47 Å². The Hall–Kier alpha value is -2.39. The highest BCUT2D eigenvalue weighted by atomic mass is 19.1. The van der Waals surface area contributed by atoms with Crippen LogP contribution in [0.2, 0.25) is 0 Å². The summed E-state index contributed by atoms with van der Waals surface area (Å²) in [5.41, 5.74) is 7.43. The fourth-order valence-corrected chi connectivity index (χ4v) is 3.85. The highest BCUT2D eigenvalue weighted by Crippen LogP contribution is 2.32. The minimum Gasteiger partial charge on any atom is -0.340 e. The smallest absolute Gasteiger partial charge is 0.123 e. The summed E-state index contributed by atoms with van der Waals surface area (Å²) in [6, 6.07) is 13.3. The van der Waals surface area contributed by atoms with Crippen LogP contribution in [0.4, 0.5) is 4.39 Å². The van der Waals surface area contributed by atoms with Gasteiger partial charge in [0.15, 0.2) is 0 Å². The number of aryl methyl sites for hydroxylation is 1. The molecule has 0 fully saturated rings. The van der Waals surface area contributed by atoms with E-state index in [1.165, 1.54) is 39.9 Å². The van der Waals surface area contributed by atoms with Gasteiger partial charge in [0.1, 0.15) is 5.82 Å². The van der Waals surface area contributed by atoms with Gasteiger partial charge in [-0.15, -0.1) is 0 Å². The molecule has 2 aromatic carbocycles. The Morgan fingerprint density at radius 3 is 2.68 bits per heavy atom. The van der Waals surface area contributed by atoms with Crippen molar-refractivity contribution >= 4 is 16.5 Å². The van der Waals surface area contributed by atoms with E-state index in [1.54, 1.807) is 0 Å². The van der Waals surface area contributed by atoms with Crippen molar-refractivity contribution < 1.29 is 4.39 Å². The number of likely N-dealkylation sites (N-methyl/N-ethyl adjacent to an activating group) is 1. The van der Waals surface area contributed by atoms with Gasteiger partial charge in [-0.2, -0.15) is 0 Å². The molecule has 3 heteroatoms. The summed E-state index contributed by atoms with van der Waals surface area (Å²) in [5.74, 6) is -0.209. The molecule has 2 nitrogen and oxygen atoms in total. The Morgan fingerprint density at radius 1 is 1.16 bits per heavy atom. The summed E-state index contributed by atoms with van der Waals surface area (Å²) in [6.07, 6.45) is 1.05. The summed E-state index contributed by atoms with van der Waals surface area (Å²) in [7, 11) is 2.18.